The van der Waals surface area contributed by atoms with Crippen LogP contribution in [0.3, 0.4) is 0 Å². The number of hydrogen-bond acceptors (Lipinski definition) is 4. The van der Waals surface area contributed by atoms with E-state index in [2.05, 4.69) is 17.2 Å². The summed E-state index contributed by atoms with van der Waals surface area (Å²) in [5.41, 5.74) is 3.58. The van der Waals surface area contributed by atoms with Crippen molar-refractivity contribution in [3.63, 3.8) is 0 Å². The molecule has 0 saturated heterocycles. The Morgan fingerprint density at radius 1 is 1.05 bits per heavy atom. The van der Waals surface area contributed by atoms with Crippen LogP contribution in [-0.2, 0) is 13.1 Å². The Morgan fingerprint density at radius 2 is 1.75 bits per heavy atom. The molecule has 0 aliphatic heterocycles. The van der Waals surface area contributed by atoms with Gasteiger partial charge in [0.2, 0.25) is 0 Å². The van der Waals surface area contributed by atoms with Gasteiger partial charge in [-0.05, 0) is 41.8 Å². The van der Waals surface area contributed by atoms with Crippen molar-refractivity contribution in [1.82, 2.24) is 10.3 Å². The highest BCUT2D eigenvalue weighted by Crippen LogP contribution is 2.22. The minimum Gasteiger partial charge on any atom is -0.497 e. The maximum absolute atomic E-state index is 5.26. The summed E-state index contributed by atoms with van der Waals surface area (Å²) in [6, 6.07) is 7.90. The minimum absolute atomic E-state index is 0.752. The van der Waals surface area contributed by atoms with Gasteiger partial charge in [-0.1, -0.05) is 0 Å². The highest BCUT2D eigenvalue weighted by molar-refractivity contribution is 5.38. The number of rotatable bonds is 6. The molecule has 1 aromatic heterocycles. The number of ether oxygens (including phenoxy) is 2. The SMILES string of the molecule is COc1cc(CNCc2cnccc2C)cc(OC)c1. The van der Waals surface area contributed by atoms with Crippen molar-refractivity contribution in [2.24, 2.45) is 0 Å². The number of benzene rings is 1. The fraction of sp³-hybridized carbons (Fsp3) is 0.312. The molecule has 0 bridgehead atoms. The van der Waals surface area contributed by atoms with Gasteiger partial charge in [-0.2, -0.15) is 0 Å². The standard InChI is InChI=1S/C16H20N2O2/c1-12-4-5-17-10-14(12)11-18-9-13-6-15(19-2)8-16(7-13)20-3/h4-8,10,18H,9,11H2,1-3H3. The molecule has 0 unspecified atom stereocenters. The van der Waals surface area contributed by atoms with E-state index in [1.807, 2.05) is 36.7 Å². The van der Waals surface area contributed by atoms with Crippen LogP contribution < -0.4 is 14.8 Å². The van der Waals surface area contributed by atoms with Crippen LogP contribution in [-0.4, -0.2) is 19.2 Å². The Kier molecular flexibility index (Phi) is 4.96. The van der Waals surface area contributed by atoms with E-state index in [0.717, 1.165) is 30.2 Å². The Labute approximate surface area is 119 Å². The van der Waals surface area contributed by atoms with Crippen molar-refractivity contribution in [1.29, 1.82) is 0 Å². The van der Waals surface area contributed by atoms with E-state index in [9.17, 15) is 0 Å². The highest BCUT2D eigenvalue weighted by Gasteiger charge is 2.02. The summed E-state index contributed by atoms with van der Waals surface area (Å²) in [6.07, 6.45) is 3.71. The lowest BCUT2D eigenvalue weighted by molar-refractivity contribution is 0.393. The van der Waals surface area contributed by atoms with Gasteiger partial charge in [-0.25, -0.2) is 0 Å². The number of aromatic nitrogens is 1. The van der Waals surface area contributed by atoms with E-state index in [1.165, 1.54) is 11.1 Å². The molecule has 4 nitrogen and oxygen atoms in total. The molecule has 0 aliphatic carbocycles. The van der Waals surface area contributed by atoms with Gasteiger partial charge >= 0.3 is 0 Å². The van der Waals surface area contributed by atoms with Gasteiger partial charge in [0.05, 0.1) is 14.2 Å². The van der Waals surface area contributed by atoms with Crippen LogP contribution >= 0.6 is 0 Å². The maximum Gasteiger partial charge on any atom is 0.122 e. The molecule has 4 heteroatoms. The average Bonchev–Trinajstić information content (AvgIpc) is 2.48. The van der Waals surface area contributed by atoms with E-state index in [4.69, 9.17) is 9.47 Å². The van der Waals surface area contributed by atoms with Crippen LogP contribution in [0, 0.1) is 6.92 Å². The maximum atomic E-state index is 5.26. The third kappa shape index (κ3) is 3.71. The van der Waals surface area contributed by atoms with Crippen LogP contribution in [0.1, 0.15) is 16.7 Å². The summed E-state index contributed by atoms with van der Waals surface area (Å²) in [4.78, 5) is 4.15. The molecule has 0 spiro atoms. The smallest absolute Gasteiger partial charge is 0.122 e. The summed E-state index contributed by atoms with van der Waals surface area (Å²) >= 11 is 0. The van der Waals surface area contributed by atoms with Gasteiger partial charge in [0, 0.05) is 31.5 Å². The van der Waals surface area contributed by atoms with E-state index < -0.39 is 0 Å². The lowest BCUT2D eigenvalue weighted by Crippen LogP contribution is -2.13. The fourth-order valence-electron chi connectivity index (χ4n) is 1.99. The van der Waals surface area contributed by atoms with Crippen LogP contribution in [0.15, 0.2) is 36.7 Å². The first-order valence-corrected chi connectivity index (χ1v) is 6.55. The quantitative estimate of drug-likeness (QED) is 0.878. The molecule has 0 atom stereocenters. The van der Waals surface area contributed by atoms with Crippen LogP contribution in [0.4, 0.5) is 0 Å². The molecular formula is C16H20N2O2. The molecule has 0 amide bonds. The van der Waals surface area contributed by atoms with Gasteiger partial charge in [0.1, 0.15) is 11.5 Å². The Balaban J connectivity index is 1.99. The molecule has 1 heterocycles. The fourth-order valence-corrected chi connectivity index (χ4v) is 1.99. The third-order valence-electron chi connectivity index (χ3n) is 3.20. The number of hydrogen-bond donors (Lipinski definition) is 1. The summed E-state index contributed by atoms with van der Waals surface area (Å²) in [7, 11) is 3.32. The summed E-state index contributed by atoms with van der Waals surface area (Å²) < 4.78 is 10.5. The van der Waals surface area contributed by atoms with Gasteiger partial charge in [0.25, 0.3) is 0 Å². The molecule has 106 valence electrons. The molecule has 1 aromatic carbocycles. The Morgan fingerprint density at radius 3 is 2.35 bits per heavy atom. The number of nitrogens with one attached hydrogen (secondary N) is 1. The Hall–Kier alpha value is -2.07. The second-order valence-electron chi connectivity index (χ2n) is 4.63. The third-order valence-corrected chi connectivity index (χ3v) is 3.20. The summed E-state index contributed by atoms with van der Waals surface area (Å²) in [5, 5.41) is 3.41. The van der Waals surface area contributed by atoms with Crippen molar-refractivity contribution < 1.29 is 9.47 Å². The zero-order valence-electron chi connectivity index (χ0n) is 12.1. The normalized spacial score (nSPS) is 10.3. The molecule has 2 aromatic rings. The first-order valence-electron chi connectivity index (χ1n) is 6.55. The van der Waals surface area contributed by atoms with Crippen molar-refractivity contribution in [2.75, 3.05) is 14.2 Å². The van der Waals surface area contributed by atoms with Crippen LogP contribution in [0.25, 0.3) is 0 Å². The van der Waals surface area contributed by atoms with Crippen molar-refractivity contribution in [2.45, 2.75) is 20.0 Å². The molecule has 0 saturated carbocycles. The first-order chi connectivity index (χ1) is 9.72. The van der Waals surface area contributed by atoms with E-state index >= 15 is 0 Å². The van der Waals surface area contributed by atoms with Crippen molar-refractivity contribution >= 4 is 0 Å². The molecule has 2 rings (SSSR count). The van der Waals surface area contributed by atoms with Gasteiger partial charge in [-0.3, -0.25) is 4.98 Å². The lowest BCUT2D eigenvalue weighted by atomic mass is 10.1. The number of pyridine rings is 1. The largest absolute Gasteiger partial charge is 0.497 e. The first kappa shape index (κ1) is 14.3. The van der Waals surface area contributed by atoms with Crippen LogP contribution in [0.5, 0.6) is 11.5 Å². The summed E-state index contributed by atoms with van der Waals surface area (Å²) in [6.45, 7) is 3.63. The zero-order valence-corrected chi connectivity index (χ0v) is 12.1. The molecular weight excluding hydrogens is 252 g/mol. The predicted octanol–water partition coefficient (Wildman–Crippen LogP) is 2.70. The Bertz CT molecular complexity index is 548. The number of aryl methyl sites for hydroxylation is 1. The van der Waals surface area contributed by atoms with E-state index in [1.54, 1.807) is 14.2 Å². The van der Waals surface area contributed by atoms with Crippen LogP contribution in [0.2, 0.25) is 0 Å². The zero-order chi connectivity index (χ0) is 14.4. The monoisotopic (exact) mass is 272 g/mol. The lowest BCUT2D eigenvalue weighted by Gasteiger charge is -2.10. The molecule has 0 fully saturated rings. The minimum atomic E-state index is 0.752. The van der Waals surface area contributed by atoms with Gasteiger partial charge in [0.15, 0.2) is 0 Å². The second-order valence-corrected chi connectivity index (χ2v) is 4.63. The molecule has 20 heavy (non-hydrogen) atoms. The second kappa shape index (κ2) is 6.91. The highest BCUT2D eigenvalue weighted by atomic mass is 16.5. The topological polar surface area (TPSA) is 43.4 Å². The molecule has 0 aliphatic rings. The number of nitrogens with zero attached hydrogens (tertiary/aromatic N) is 1. The molecule has 0 radical (unpaired) electrons. The van der Waals surface area contributed by atoms with Crippen molar-refractivity contribution in [3.05, 3.63) is 53.3 Å². The van der Waals surface area contributed by atoms with Gasteiger partial charge < -0.3 is 14.8 Å². The predicted molar refractivity (Wildman–Crippen MR) is 79.1 cm³/mol. The van der Waals surface area contributed by atoms with E-state index in [0.29, 0.717) is 0 Å². The van der Waals surface area contributed by atoms with Crippen molar-refractivity contribution in [3.8, 4) is 11.5 Å². The average molecular weight is 272 g/mol. The van der Waals surface area contributed by atoms with E-state index in [-0.39, 0.29) is 0 Å². The van der Waals surface area contributed by atoms with Gasteiger partial charge in [-0.15, -0.1) is 0 Å². The molecule has 1 N–H and O–H groups in total. The number of methoxy groups -OCH3 is 2. The summed E-state index contributed by atoms with van der Waals surface area (Å²) in [5.74, 6) is 1.61.